The van der Waals surface area contributed by atoms with Gasteiger partial charge in [-0.25, -0.2) is 0 Å². The molecule has 14 rings (SSSR count). The van der Waals surface area contributed by atoms with E-state index >= 15 is 0 Å². The second kappa shape index (κ2) is 65.1. The summed E-state index contributed by atoms with van der Waals surface area (Å²) in [6.07, 6.45) is 16.0. The second-order valence-electron chi connectivity index (χ2n) is 35.4. The van der Waals surface area contributed by atoms with Crippen molar-refractivity contribution in [1.82, 2.24) is 0 Å². The van der Waals surface area contributed by atoms with Crippen LogP contribution in [0.1, 0.15) is 229 Å². The van der Waals surface area contributed by atoms with E-state index < -0.39 is 0 Å². The Morgan fingerprint density at radius 2 is 0.376 bits per heavy atom. The summed E-state index contributed by atoms with van der Waals surface area (Å²) in [5, 5.41) is 103. The van der Waals surface area contributed by atoms with Crippen LogP contribution in [-0.4, -0.2) is 107 Å². The van der Waals surface area contributed by atoms with Gasteiger partial charge in [0.25, 0.3) is 0 Å². The summed E-state index contributed by atoms with van der Waals surface area (Å²) < 4.78 is 0. The van der Waals surface area contributed by atoms with E-state index in [1.165, 1.54) is 34.6 Å². The van der Waals surface area contributed by atoms with Crippen molar-refractivity contribution in [2.75, 3.05) is 0 Å². The maximum atomic E-state index is 14.1. The first-order valence-corrected chi connectivity index (χ1v) is 43.9. The number of nitriles is 5. The van der Waals surface area contributed by atoms with Gasteiger partial charge in [-0.15, -0.1) is 24.5 Å². The van der Waals surface area contributed by atoms with Crippen LogP contribution in [0.5, 0.6) is 23.0 Å². The predicted molar refractivity (Wildman–Crippen MR) is 594 cm³/mol. The summed E-state index contributed by atoms with van der Waals surface area (Å²) in [5.74, 6) is -0.341. The minimum absolute atomic E-state index is 0. The minimum Gasteiger partial charge on any atom is -0.872 e. The topological polar surface area (TPSA) is 314 Å². The molecule has 2 aliphatic heterocycles. The quantitative estimate of drug-likeness (QED) is 0.103. The van der Waals surface area contributed by atoms with Crippen molar-refractivity contribution in [1.29, 1.82) is 26.3 Å². The van der Waals surface area contributed by atoms with E-state index in [2.05, 4.69) is 132 Å². The molecule has 0 atom stereocenters. The molecular formula is C120H135Al4N13O4. The molecule has 141 heavy (non-hydrogen) atoms. The number of hydrogen-bond donors (Lipinski definition) is 0. The van der Waals surface area contributed by atoms with E-state index in [1.54, 1.807) is 67.6 Å². The molecule has 0 spiro atoms. The number of nitrogens with zero attached hydrogens (tertiary/aromatic N) is 13. The summed E-state index contributed by atoms with van der Waals surface area (Å²) in [6, 6.07) is 89.2. The van der Waals surface area contributed by atoms with E-state index in [0.29, 0.717) is 70.2 Å². The van der Waals surface area contributed by atoms with Crippen LogP contribution < -0.4 is 20.4 Å². The van der Waals surface area contributed by atoms with Crippen molar-refractivity contribution in [2.45, 2.75) is 204 Å². The Hall–Kier alpha value is -13.0. The van der Waals surface area contributed by atoms with Crippen molar-refractivity contribution in [3.05, 3.63) is 409 Å². The maximum absolute atomic E-state index is 14.1. The standard InChI is InChI=1S/2C52H53N4O2.5C2H3N.6CH3.4Al/c2*1-51(2,3)43-27-39-31-53-45-19-11-7-15-35(45)23-25-37-17-9-13-21-47(37)55-33-41-29-44(52(4,5)6)30-42(50(41)58)34-56-48-22-14-10-18-38(48)26-24-36-16-8-12-20-46(36)54-32-40(28-43)49(39)57;5*1-2-3;;;;;;;;;;/h2*7-22,27-33H,23-26,34H2,1-6H3,(H,55,58)(H,53,54,57);5*1H3;6*1H3;;;;/q2*-1;;;;;;6*-1;4*+3/p-4. The number of para-hydroxylation sites is 8. The molecule has 0 radical (unpaired) electrons. The van der Waals surface area contributed by atoms with Crippen LogP contribution >= 0.6 is 0 Å². The number of fused-ring (bicyclic) bond motifs is 16. The van der Waals surface area contributed by atoms with Crippen LogP contribution in [0.15, 0.2) is 273 Å². The fraction of sp³-hybridized carbons (Fsp3) is 0.258. The van der Waals surface area contributed by atoms with Crippen molar-refractivity contribution >= 4 is 152 Å². The summed E-state index contributed by atoms with van der Waals surface area (Å²) in [6.45, 7) is 33.5. The molecule has 12 aromatic carbocycles. The fourth-order valence-electron chi connectivity index (χ4n) is 14.4. The van der Waals surface area contributed by atoms with Gasteiger partial charge in [-0.3, -0.25) is 30.0 Å². The van der Waals surface area contributed by atoms with Gasteiger partial charge in [-0.05, 0) is 198 Å². The molecule has 0 saturated heterocycles. The van der Waals surface area contributed by atoms with Gasteiger partial charge in [-0.1, -0.05) is 335 Å². The molecule has 21 heteroatoms. The van der Waals surface area contributed by atoms with Crippen LogP contribution in [0.25, 0.3) is 10.6 Å². The zero-order valence-corrected chi connectivity index (χ0v) is 91.5. The Kier molecular flexibility index (Phi) is 61.0. The Morgan fingerprint density at radius 1 is 0.227 bits per heavy atom. The first-order chi connectivity index (χ1) is 62.7. The van der Waals surface area contributed by atoms with Crippen LogP contribution in [-0.2, 0) is 86.1 Å². The van der Waals surface area contributed by atoms with Crippen molar-refractivity contribution in [3.63, 3.8) is 0 Å². The summed E-state index contributed by atoms with van der Waals surface area (Å²) in [5.41, 5.74) is 23.1. The SMILES string of the molecule is CC#N.CC#N.CC#N.CC#N.CC#N.CC(C)(C)c1cc2c([O-])c(c1)C=Nc1ccccc1CCc1ccccc1[N-]Cc1cc(C(C)(C)C)cc(c1[O-])C=Nc1ccccc1CCc1ccccc1N=C2.CC(C)(C)c1cc2c([O-])c(c1)C=Nc1ccccc1CCc1ccccc1[N-]Cc1cc(C(C)(C)C)cc(c1[O-])C=Nc1ccccc1CCc1ccccc1N=C2.[Al+3].[Al+3].[Al+3].[Al+3].[CH3-].[CH3-].[CH3-].[CH3-].[CH3-].[CH3-]. The normalized spacial score (nSPS) is 11.6. The molecular weight excluding hydrogens is 1800 g/mol. The number of rotatable bonds is 0. The second-order valence-corrected chi connectivity index (χ2v) is 35.4. The molecule has 0 saturated carbocycles. The average Bonchev–Trinajstić information content (AvgIpc) is 0.812. The zero-order valence-electron chi connectivity index (χ0n) is 86.9. The van der Waals surface area contributed by atoms with Gasteiger partial charge in [0.15, 0.2) is 0 Å². The third-order valence-electron chi connectivity index (χ3n) is 21.6. The van der Waals surface area contributed by atoms with Gasteiger partial charge in [-0.2, -0.15) is 26.3 Å². The molecule has 0 aromatic heterocycles. The Bertz CT molecular complexity index is 5910. The molecule has 0 fully saturated rings. The van der Waals surface area contributed by atoms with E-state index in [9.17, 15) is 20.4 Å². The van der Waals surface area contributed by atoms with E-state index in [-0.39, 0.29) is 172 Å². The predicted octanol–water partition coefficient (Wildman–Crippen LogP) is 27.4. The largest absolute Gasteiger partial charge is 3.00 e. The van der Waals surface area contributed by atoms with Gasteiger partial charge in [0, 0.05) is 71.9 Å². The van der Waals surface area contributed by atoms with Gasteiger partial charge in [0.1, 0.15) is 0 Å². The zero-order chi connectivity index (χ0) is 95.3. The third-order valence-corrected chi connectivity index (χ3v) is 21.6. The molecule has 0 amide bonds. The summed E-state index contributed by atoms with van der Waals surface area (Å²) in [4.78, 5) is 29.5. The minimum atomic E-state index is -0.199. The van der Waals surface area contributed by atoms with Crippen molar-refractivity contribution in [2.24, 2.45) is 30.0 Å². The van der Waals surface area contributed by atoms with Gasteiger partial charge >= 0.3 is 69.4 Å². The van der Waals surface area contributed by atoms with Crippen LogP contribution in [0.3, 0.4) is 0 Å². The number of aryl methyl sites for hydroxylation is 8. The smallest absolute Gasteiger partial charge is 0.872 e. The third kappa shape index (κ3) is 39.9. The van der Waals surface area contributed by atoms with Gasteiger partial charge in [0.2, 0.25) is 0 Å². The molecule has 8 bridgehead atoms. The van der Waals surface area contributed by atoms with Gasteiger partial charge in [0.05, 0.1) is 64.5 Å². The van der Waals surface area contributed by atoms with Crippen LogP contribution in [0, 0.1) is 101 Å². The van der Waals surface area contributed by atoms with Gasteiger partial charge < -0.3 is 75.6 Å². The number of aliphatic imine (C=N–C) groups is 6. The maximum Gasteiger partial charge on any atom is 3.00 e. The fourth-order valence-corrected chi connectivity index (χ4v) is 14.4. The Labute approximate surface area is 888 Å². The molecule has 716 valence electrons. The summed E-state index contributed by atoms with van der Waals surface area (Å²) >= 11 is 0. The van der Waals surface area contributed by atoms with Crippen LogP contribution in [0.4, 0.5) is 45.5 Å². The Balaban J connectivity index is -0.00000223. The first kappa shape index (κ1) is 132. The molecule has 17 nitrogen and oxygen atoms in total. The van der Waals surface area contributed by atoms with E-state index in [1.807, 2.05) is 194 Å². The van der Waals surface area contributed by atoms with Crippen molar-refractivity contribution in [3.8, 4) is 53.3 Å². The van der Waals surface area contributed by atoms with E-state index in [4.69, 9.17) is 66.9 Å². The number of hydrogen-bond acceptors (Lipinski definition) is 15. The number of benzene rings is 12. The Morgan fingerprint density at radius 3 is 0.560 bits per heavy atom. The molecule has 0 unspecified atom stereocenters. The van der Waals surface area contributed by atoms with Crippen molar-refractivity contribution < 1.29 is 20.4 Å². The molecule has 2 aliphatic rings. The average molecular weight is 1930 g/mol. The summed E-state index contributed by atoms with van der Waals surface area (Å²) in [7, 11) is 0. The molecule has 2 heterocycles. The molecule has 12 aromatic rings. The monoisotopic (exact) mass is 1930 g/mol. The van der Waals surface area contributed by atoms with E-state index in [0.717, 1.165) is 138 Å². The molecule has 0 N–H and O–H groups in total. The first-order valence-electron chi connectivity index (χ1n) is 43.9. The van der Waals surface area contributed by atoms with Crippen LogP contribution in [0.2, 0.25) is 0 Å². The molecule has 0 aliphatic carbocycles.